The van der Waals surface area contributed by atoms with Gasteiger partial charge in [-0.05, 0) is 214 Å². The van der Waals surface area contributed by atoms with Crippen LogP contribution >= 0.6 is 0 Å². The third-order valence-electron chi connectivity index (χ3n) is 13.6. The van der Waals surface area contributed by atoms with Gasteiger partial charge < -0.3 is 4.57 Å². The second-order valence-electron chi connectivity index (χ2n) is 15.7. The maximum absolute atomic E-state index is 5.30. The largest absolute Gasteiger partial charge is 0.313 e. The van der Waals surface area contributed by atoms with E-state index in [2.05, 4.69) is 145 Å². The van der Waals surface area contributed by atoms with Crippen LogP contribution in [0.2, 0.25) is 0 Å². The molecule has 0 bridgehead atoms. The highest BCUT2D eigenvalue weighted by Crippen LogP contribution is 2.44. The predicted molar refractivity (Wildman–Crippen MR) is 218 cm³/mol. The summed E-state index contributed by atoms with van der Waals surface area (Å²) in [7, 11) is 0. The van der Waals surface area contributed by atoms with Crippen molar-refractivity contribution in [2.24, 2.45) is 0 Å². The summed E-state index contributed by atoms with van der Waals surface area (Å²) in [6, 6.07) is 0. The van der Waals surface area contributed by atoms with Crippen LogP contribution in [0.1, 0.15) is 101 Å². The van der Waals surface area contributed by atoms with Gasteiger partial charge in [0.15, 0.2) is 0 Å². The van der Waals surface area contributed by atoms with E-state index in [0.29, 0.717) is 0 Å². The topological polar surface area (TPSA) is 40.6 Å². The zero-order valence-corrected chi connectivity index (χ0v) is 34.3. The molecular formula is C46H55N5. The van der Waals surface area contributed by atoms with E-state index in [0.717, 1.165) is 16.9 Å². The zero-order valence-electron chi connectivity index (χ0n) is 34.3. The van der Waals surface area contributed by atoms with E-state index in [1.54, 1.807) is 0 Å². The molecule has 3 aromatic heterocycles. The smallest absolute Gasteiger partial charge is 0.111 e. The summed E-state index contributed by atoms with van der Waals surface area (Å²) in [6.45, 7) is 40.9. The Morgan fingerprint density at radius 3 is 1.35 bits per heavy atom. The van der Waals surface area contributed by atoms with Crippen molar-refractivity contribution in [1.29, 1.82) is 0 Å². The second kappa shape index (κ2) is 11.4. The molecule has 0 radical (unpaired) electrons. The number of aromatic nitrogens is 5. The van der Waals surface area contributed by atoms with Gasteiger partial charge >= 0.3 is 0 Å². The van der Waals surface area contributed by atoms with Crippen molar-refractivity contribution in [3.05, 3.63) is 107 Å². The number of aryl methyl sites for hydroxylation is 8. The first kappa shape index (κ1) is 34.8. The first-order valence-corrected chi connectivity index (χ1v) is 18.5. The van der Waals surface area contributed by atoms with E-state index in [9.17, 15) is 0 Å². The van der Waals surface area contributed by atoms with Gasteiger partial charge in [-0.3, -0.25) is 9.13 Å². The van der Waals surface area contributed by atoms with Crippen molar-refractivity contribution in [3.8, 4) is 17.1 Å². The molecule has 0 amide bonds. The Morgan fingerprint density at radius 2 is 0.784 bits per heavy atom. The van der Waals surface area contributed by atoms with Crippen LogP contribution in [0.5, 0.6) is 0 Å². The highest BCUT2D eigenvalue weighted by Gasteiger charge is 2.29. The molecule has 3 heterocycles. The van der Waals surface area contributed by atoms with Crippen molar-refractivity contribution in [1.82, 2.24) is 23.7 Å². The second-order valence-corrected chi connectivity index (χ2v) is 15.7. The number of hydrogen-bond acceptors (Lipinski definition) is 2. The maximum atomic E-state index is 5.30. The Labute approximate surface area is 304 Å². The third-order valence-corrected chi connectivity index (χ3v) is 13.6. The molecule has 4 aromatic carbocycles. The molecule has 0 aliphatic heterocycles. The van der Waals surface area contributed by atoms with E-state index >= 15 is 0 Å². The Hall–Kier alpha value is -4.64. The summed E-state index contributed by atoms with van der Waals surface area (Å²) in [5, 5.41) is 1.38. The third kappa shape index (κ3) is 4.33. The van der Waals surface area contributed by atoms with Crippen LogP contribution in [0.25, 0.3) is 50.0 Å². The van der Waals surface area contributed by atoms with Crippen molar-refractivity contribution in [3.63, 3.8) is 0 Å². The van der Waals surface area contributed by atoms with Gasteiger partial charge in [0.1, 0.15) is 12.2 Å². The van der Waals surface area contributed by atoms with E-state index in [1.165, 1.54) is 134 Å². The van der Waals surface area contributed by atoms with Gasteiger partial charge in [0.05, 0.1) is 44.6 Å². The molecule has 5 heteroatoms. The molecule has 0 saturated heterocycles. The Kier molecular flexibility index (Phi) is 7.80. The molecule has 0 N–H and O–H groups in total. The Balaban J connectivity index is 1.77. The number of imidazole rings is 2. The lowest BCUT2D eigenvalue weighted by atomic mass is 9.93. The summed E-state index contributed by atoms with van der Waals surface area (Å²) in [6.07, 6.45) is 2.07. The van der Waals surface area contributed by atoms with Crippen LogP contribution in [-0.2, 0) is 0 Å². The molecule has 0 fully saturated rings. The fourth-order valence-corrected chi connectivity index (χ4v) is 9.44. The molecule has 0 unspecified atom stereocenters. The first-order chi connectivity index (χ1) is 23.9. The molecule has 0 spiro atoms. The summed E-state index contributed by atoms with van der Waals surface area (Å²) in [4.78, 5) is 10.4. The molecule has 0 aliphatic rings. The average molecular weight is 678 g/mol. The average Bonchev–Trinajstić information content (AvgIpc) is 3.75. The van der Waals surface area contributed by atoms with E-state index < -0.39 is 0 Å². The minimum absolute atomic E-state index is 1.01. The number of nitrogens with zero attached hydrogens (tertiary/aromatic N) is 5. The molecule has 7 rings (SSSR count). The SMILES string of the molecule is Cc1c(-n2cnc3c(C)c(C)c(C)c(C)c32)c(C)c(-n2c(C)c(C)c3c(C)c(C)c(C)c(C)c32)c(C)c1-n1c(C)nc2c(C)c(C)c(C)c(C)c21. The minimum atomic E-state index is 1.01. The molecule has 264 valence electrons. The van der Waals surface area contributed by atoms with Gasteiger partial charge in [-0.15, -0.1) is 0 Å². The normalized spacial score (nSPS) is 12.1. The molecule has 0 atom stereocenters. The summed E-state index contributed by atoms with van der Waals surface area (Å²) < 4.78 is 7.45. The van der Waals surface area contributed by atoms with Gasteiger partial charge in [-0.1, -0.05) is 0 Å². The quantitative estimate of drug-likeness (QED) is 0.187. The lowest BCUT2D eigenvalue weighted by Crippen LogP contribution is -2.15. The number of benzene rings is 4. The maximum Gasteiger partial charge on any atom is 0.111 e. The van der Waals surface area contributed by atoms with Crippen molar-refractivity contribution in [2.45, 2.75) is 125 Å². The van der Waals surface area contributed by atoms with Gasteiger partial charge in [0.2, 0.25) is 0 Å². The number of rotatable bonds is 3. The van der Waals surface area contributed by atoms with E-state index in [-0.39, 0.29) is 0 Å². The van der Waals surface area contributed by atoms with Crippen LogP contribution in [0.15, 0.2) is 6.33 Å². The highest BCUT2D eigenvalue weighted by atomic mass is 15.1. The fraction of sp³-hybridized carbons (Fsp3) is 0.391. The van der Waals surface area contributed by atoms with Gasteiger partial charge in [0.25, 0.3) is 0 Å². The Morgan fingerprint density at radius 1 is 0.353 bits per heavy atom. The number of fused-ring (bicyclic) bond motifs is 3. The van der Waals surface area contributed by atoms with Gasteiger partial charge in [-0.2, -0.15) is 0 Å². The monoisotopic (exact) mass is 677 g/mol. The van der Waals surface area contributed by atoms with Crippen molar-refractivity contribution < 1.29 is 0 Å². The highest BCUT2D eigenvalue weighted by molar-refractivity contribution is 5.96. The first-order valence-electron chi connectivity index (χ1n) is 18.5. The van der Waals surface area contributed by atoms with Gasteiger partial charge in [0, 0.05) is 11.1 Å². The van der Waals surface area contributed by atoms with E-state index in [1.807, 2.05) is 0 Å². The summed E-state index contributed by atoms with van der Waals surface area (Å²) >= 11 is 0. The standard InChI is InChI=1S/C46H55N5/c1-20-23(4)29(10)44-38(26(20)7)32(13)36(17)50(44)42-33(14)41(49-19-47-39-27(8)21(2)24(5)30(11)45(39)49)34(15)43(35(42)16)51-37(18)48-40-28(9)22(3)25(6)31(12)46(40)51/h19H,1-18H3. The van der Waals surface area contributed by atoms with Crippen LogP contribution < -0.4 is 0 Å². The molecule has 51 heavy (non-hydrogen) atoms. The zero-order chi connectivity index (χ0) is 37.4. The van der Waals surface area contributed by atoms with Crippen molar-refractivity contribution in [2.75, 3.05) is 0 Å². The molecule has 5 nitrogen and oxygen atoms in total. The fourth-order valence-electron chi connectivity index (χ4n) is 9.44. The Bertz CT molecular complexity index is 2700. The van der Waals surface area contributed by atoms with Crippen LogP contribution in [0.3, 0.4) is 0 Å². The lowest BCUT2D eigenvalue weighted by molar-refractivity contribution is 0.928. The minimum Gasteiger partial charge on any atom is -0.313 e. The van der Waals surface area contributed by atoms with Crippen LogP contribution in [0, 0.1) is 125 Å². The molecular weight excluding hydrogens is 623 g/mol. The molecule has 0 aliphatic carbocycles. The van der Waals surface area contributed by atoms with Crippen molar-refractivity contribution >= 4 is 33.0 Å². The molecule has 0 saturated carbocycles. The van der Waals surface area contributed by atoms with Gasteiger partial charge in [-0.25, -0.2) is 9.97 Å². The lowest BCUT2D eigenvalue weighted by Gasteiger charge is -2.27. The number of hydrogen-bond donors (Lipinski definition) is 0. The summed E-state index contributed by atoms with van der Waals surface area (Å²) in [5.74, 6) is 1.01. The summed E-state index contributed by atoms with van der Waals surface area (Å²) in [5.41, 5.74) is 31.8. The van der Waals surface area contributed by atoms with Crippen LogP contribution in [0.4, 0.5) is 0 Å². The molecule has 7 aromatic rings. The van der Waals surface area contributed by atoms with Crippen LogP contribution in [-0.4, -0.2) is 23.7 Å². The van der Waals surface area contributed by atoms with E-state index in [4.69, 9.17) is 9.97 Å². The predicted octanol–water partition coefficient (Wildman–Crippen LogP) is 11.9.